The second-order valence-corrected chi connectivity index (χ2v) is 7.65. The van der Waals surface area contributed by atoms with Crippen LogP contribution in [0.25, 0.3) is 17.0 Å². The minimum atomic E-state index is -0.905. The summed E-state index contributed by atoms with van der Waals surface area (Å²) < 4.78 is 42.4. The fourth-order valence-corrected chi connectivity index (χ4v) is 3.90. The van der Waals surface area contributed by atoms with E-state index < -0.39 is 29.7 Å². The summed E-state index contributed by atoms with van der Waals surface area (Å²) in [5, 5.41) is 2.35. The van der Waals surface area contributed by atoms with Gasteiger partial charge in [0.05, 0.1) is 43.3 Å². The monoisotopic (exact) mass is 459 g/mol. The van der Waals surface area contributed by atoms with Crippen molar-refractivity contribution in [2.24, 2.45) is 0 Å². The van der Waals surface area contributed by atoms with E-state index in [1.807, 2.05) is 0 Å². The Morgan fingerprint density at radius 3 is 2.67 bits per heavy atom. The molecule has 3 heterocycles. The number of morpholine rings is 1. The molecule has 1 atom stereocenters. The van der Waals surface area contributed by atoms with Crippen LogP contribution < -0.4 is 5.32 Å². The molecule has 2 amide bonds. The summed E-state index contributed by atoms with van der Waals surface area (Å²) in [4.78, 5) is 34.2. The lowest BCUT2D eigenvalue weighted by Crippen LogP contribution is -2.46. The lowest BCUT2D eigenvalue weighted by Gasteiger charge is -2.31. The second-order valence-electron chi connectivity index (χ2n) is 7.65. The zero-order valence-electron chi connectivity index (χ0n) is 18.4. The number of fused-ring (bicyclic) bond motifs is 1. The molecule has 1 aromatic carbocycles. The van der Waals surface area contributed by atoms with Crippen molar-refractivity contribution >= 4 is 17.8 Å². The molecule has 33 heavy (non-hydrogen) atoms. The summed E-state index contributed by atoms with van der Waals surface area (Å²) in [5.41, 5.74) is 0.763. The zero-order valence-corrected chi connectivity index (χ0v) is 18.4. The van der Waals surface area contributed by atoms with Crippen molar-refractivity contribution in [2.45, 2.75) is 19.4 Å². The molecule has 1 fully saturated rings. The molecule has 0 unspecified atom stereocenters. The molecule has 0 aliphatic carbocycles. The van der Waals surface area contributed by atoms with E-state index in [-0.39, 0.29) is 35.6 Å². The smallest absolute Gasteiger partial charge is 0.409 e. The highest BCUT2D eigenvalue weighted by atomic mass is 19.1. The molecule has 1 N–H and O–H groups in total. The number of nitrogens with zero attached hydrogens (tertiary/aromatic N) is 4. The van der Waals surface area contributed by atoms with Crippen LogP contribution in [-0.4, -0.2) is 71.2 Å². The molecule has 1 aliphatic heterocycles. The topological polar surface area (TPSA) is 98.1 Å². The van der Waals surface area contributed by atoms with Crippen molar-refractivity contribution < 1.29 is 27.8 Å². The first-order valence-electron chi connectivity index (χ1n) is 10.3. The average molecular weight is 459 g/mol. The molecular formula is C22H23F2N5O4. The van der Waals surface area contributed by atoms with Gasteiger partial charge in [0.15, 0.2) is 0 Å². The van der Waals surface area contributed by atoms with Crippen molar-refractivity contribution in [3.8, 4) is 11.3 Å². The van der Waals surface area contributed by atoms with Crippen LogP contribution in [0.5, 0.6) is 0 Å². The van der Waals surface area contributed by atoms with Gasteiger partial charge in [0.1, 0.15) is 11.6 Å². The SMILES string of the molecule is CNC(=O)c1cc(F)c(-c2c(C[C@H]3CN(C(=O)OC)CCO3)nc3nc(C)ccn23)c(F)c1. The number of aryl methyl sites for hydroxylation is 1. The Morgan fingerprint density at radius 2 is 2.00 bits per heavy atom. The van der Waals surface area contributed by atoms with Gasteiger partial charge >= 0.3 is 6.09 Å². The van der Waals surface area contributed by atoms with Gasteiger partial charge in [0, 0.05) is 37.5 Å². The number of methoxy groups -OCH3 is 1. The minimum absolute atomic E-state index is 0.134. The van der Waals surface area contributed by atoms with Crippen molar-refractivity contribution in [2.75, 3.05) is 33.9 Å². The summed E-state index contributed by atoms with van der Waals surface area (Å²) >= 11 is 0. The molecule has 4 rings (SSSR count). The third kappa shape index (κ3) is 4.36. The summed E-state index contributed by atoms with van der Waals surface area (Å²) in [7, 11) is 2.68. The van der Waals surface area contributed by atoms with E-state index in [1.54, 1.807) is 19.2 Å². The zero-order chi connectivity index (χ0) is 23.7. The normalized spacial score (nSPS) is 16.2. The van der Waals surface area contributed by atoms with Gasteiger partial charge in [-0.15, -0.1) is 0 Å². The summed E-state index contributed by atoms with van der Waals surface area (Å²) in [5.74, 6) is -2.14. The van der Waals surface area contributed by atoms with E-state index in [0.29, 0.717) is 24.5 Å². The first-order chi connectivity index (χ1) is 15.8. The van der Waals surface area contributed by atoms with Gasteiger partial charge in [-0.1, -0.05) is 0 Å². The van der Waals surface area contributed by atoms with Gasteiger partial charge in [-0.2, -0.15) is 0 Å². The number of ether oxygens (including phenoxy) is 2. The Balaban J connectivity index is 1.79. The van der Waals surface area contributed by atoms with Crippen molar-refractivity contribution in [3.63, 3.8) is 0 Å². The van der Waals surface area contributed by atoms with E-state index in [9.17, 15) is 9.59 Å². The Kier molecular flexibility index (Phi) is 6.23. The van der Waals surface area contributed by atoms with Gasteiger partial charge < -0.3 is 19.7 Å². The molecule has 1 saturated heterocycles. The highest BCUT2D eigenvalue weighted by Crippen LogP contribution is 2.32. The Morgan fingerprint density at radius 1 is 1.27 bits per heavy atom. The number of rotatable bonds is 4. The molecule has 0 saturated carbocycles. The average Bonchev–Trinajstić information content (AvgIpc) is 3.14. The van der Waals surface area contributed by atoms with Crippen LogP contribution in [0.4, 0.5) is 13.6 Å². The molecule has 1 aliphatic rings. The van der Waals surface area contributed by atoms with Crippen LogP contribution >= 0.6 is 0 Å². The molecule has 0 spiro atoms. The number of amides is 2. The number of hydrogen-bond donors (Lipinski definition) is 1. The van der Waals surface area contributed by atoms with E-state index in [1.165, 1.54) is 23.5 Å². The van der Waals surface area contributed by atoms with Crippen LogP contribution in [0.1, 0.15) is 21.7 Å². The number of halogens is 2. The fourth-order valence-electron chi connectivity index (χ4n) is 3.90. The second kappa shape index (κ2) is 9.10. The number of carbonyl (C=O) groups is 2. The van der Waals surface area contributed by atoms with Gasteiger partial charge in [-0.05, 0) is 25.1 Å². The fraction of sp³-hybridized carbons (Fsp3) is 0.364. The van der Waals surface area contributed by atoms with E-state index in [0.717, 1.165) is 12.1 Å². The van der Waals surface area contributed by atoms with Crippen molar-refractivity contribution in [3.05, 3.63) is 53.0 Å². The van der Waals surface area contributed by atoms with E-state index in [4.69, 9.17) is 9.47 Å². The molecule has 2 aromatic heterocycles. The molecule has 9 nitrogen and oxygen atoms in total. The molecule has 174 valence electrons. The maximum Gasteiger partial charge on any atom is 0.409 e. The maximum atomic E-state index is 15.2. The summed E-state index contributed by atoms with van der Waals surface area (Å²) in [6.07, 6.45) is 0.885. The van der Waals surface area contributed by atoms with Crippen molar-refractivity contribution in [1.82, 2.24) is 24.6 Å². The van der Waals surface area contributed by atoms with Gasteiger partial charge in [-0.25, -0.2) is 23.5 Å². The van der Waals surface area contributed by atoms with Crippen LogP contribution in [-0.2, 0) is 15.9 Å². The Bertz CT molecular complexity index is 1210. The third-order valence-electron chi connectivity index (χ3n) is 5.47. The van der Waals surface area contributed by atoms with Crippen LogP contribution in [0.3, 0.4) is 0 Å². The Hall–Kier alpha value is -3.60. The largest absolute Gasteiger partial charge is 0.453 e. The first-order valence-corrected chi connectivity index (χ1v) is 10.3. The molecule has 11 heteroatoms. The molecule has 3 aromatic rings. The first kappa shape index (κ1) is 22.6. The number of benzene rings is 1. The number of hydrogen-bond acceptors (Lipinski definition) is 6. The van der Waals surface area contributed by atoms with Crippen molar-refractivity contribution in [1.29, 1.82) is 0 Å². The van der Waals surface area contributed by atoms with Crippen LogP contribution in [0.15, 0.2) is 24.4 Å². The van der Waals surface area contributed by atoms with Gasteiger partial charge in [-0.3, -0.25) is 9.20 Å². The van der Waals surface area contributed by atoms with Crippen LogP contribution in [0.2, 0.25) is 0 Å². The molecule has 0 radical (unpaired) electrons. The van der Waals surface area contributed by atoms with Crippen LogP contribution in [0, 0.1) is 18.6 Å². The number of carbonyl (C=O) groups excluding carboxylic acids is 2. The number of imidazole rings is 1. The van der Waals surface area contributed by atoms with Gasteiger partial charge in [0.2, 0.25) is 5.78 Å². The predicted octanol–water partition coefficient (Wildman–Crippen LogP) is 2.35. The predicted molar refractivity (Wildman–Crippen MR) is 114 cm³/mol. The van der Waals surface area contributed by atoms with Gasteiger partial charge in [0.25, 0.3) is 5.91 Å². The van der Waals surface area contributed by atoms with E-state index in [2.05, 4.69) is 15.3 Å². The quantitative estimate of drug-likeness (QED) is 0.643. The Labute approximate surface area is 188 Å². The summed E-state index contributed by atoms with van der Waals surface area (Å²) in [6, 6.07) is 3.67. The summed E-state index contributed by atoms with van der Waals surface area (Å²) in [6.45, 7) is 2.70. The maximum absolute atomic E-state index is 15.2. The molecular weight excluding hydrogens is 436 g/mol. The molecule has 0 bridgehead atoms. The lowest BCUT2D eigenvalue weighted by molar-refractivity contribution is -0.0240. The minimum Gasteiger partial charge on any atom is -0.453 e. The highest BCUT2D eigenvalue weighted by Gasteiger charge is 2.29. The van der Waals surface area contributed by atoms with E-state index >= 15 is 8.78 Å². The lowest BCUT2D eigenvalue weighted by atomic mass is 10.0. The highest BCUT2D eigenvalue weighted by molar-refractivity contribution is 5.94. The third-order valence-corrected chi connectivity index (χ3v) is 5.47. The number of aromatic nitrogens is 3. The standard InChI is InChI=1S/C22H23F2N5O4/c1-12-4-5-29-19(18-15(23)8-13(9-16(18)24)20(30)25-2)17(27-21(29)26-12)10-14-11-28(6-7-33-14)22(31)32-3/h4-5,8-9,14H,6-7,10-11H2,1-3H3,(H,25,30)/t14-/m0/s1. The number of nitrogens with one attached hydrogen (secondary N) is 1.